The molecule has 0 spiro atoms. The summed E-state index contributed by atoms with van der Waals surface area (Å²) in [6.07, 6.45) is 2.64. The van der Waals surface area contributed by atoms with E-state index in [-0.39, 0.29) is 18.6 Å². The lowest BCUT2D eigenvalue weighted by atomic mass is 10.1. The zero-order valence-electron chi connectivity index (χ0n) is 12.6. The molecule has 0 saturated carbocycles. The van der Waals surface area contributed by atoms with Crippen LogP contribution in [-0.2, 0) is 0 Å². The lowest BCUT2D eigenvalue weighted by Gasteiger charge is -2.30. The fraction of sp³-hybridized carbons (Fsp3) is 0.562. The standard InChI is InChI=1S/C16H22N2O2S/c1-12-10-15(21-14(12)7-3-4-9-19)16(20)17-13-6-5-8-18(2)11-13/h10,13,19H,4-6,8-9,11H2,1-2H3,(H,17,20). The Morgan fingerprint density at radius 3 is 3.14 bits per heavy atom. The van der Waals surface area contributed by atoms with E-state index in [9.17, 15) is 4.79 Å². The van der Waals surface area contributed by atoms with E-state index in [1.165, 1.54) is 11.3 Å². The highest BCUT2D eigenvalue weighted by Gasteiger charge is 2.20. The van der Waals surface area contributed by atoms with Crippen LogP contribution in [0.15, 0.2) is 6.07 Å². The number of nitrogens with zero attached hydrogens (tertiary/aromatic N) is 1. The molecule has 4 nitrogen and oxygen atoms in total. The Balaban J connectivity index is 1.99. The van der Waals surface area contributed by atoms with E-state index < -0.39 is 0 Å². The smallest absolute Gasteiger partial charge is 0.261 e. The second-order valence-corrected chi connectivity index (χ2v) is 6.53. The highest BCUT2D eigenvalue weighted by molar-refractivity contribution is 7.14. The van der Waals surface area contributed by atoms with Crippen LogP contribution in [-0.4, -0.2) is 48.7 Å². The van der Waals surface area contributed by atoms with Gasteiger partial charge in [-0.2, -0.15) is 0 Å². The summed E-state index contributed by atoms with van der Waals surface area (Å²) >= 11 is 1.43. The molecule has 1 fully saturated rings. The second-order valence-electron chi connectivity index (χ2n) is 5.47. The predicted molar refractivity (Wildman–Crippen MR) is 85.6 cm³/mol. The summed E-state index contributed by atoms with van der Waals surface area (Å²) in [6, 6.07) is 2.14. The molecular formula is C16H22N2O2S. The Morgan fingerprint density at radius 1 is 1.62 bits per heavy atom. The molecule has 114 valence electrons. The average molecular weight is 306 g/mol. The molecule has 2 N–H and O–H groups in total. The quantitative estimate of drug-likeness (QED) is 0.834. The second kappa shape index (κ2) is 7.60. The van der Waals surface area contributed by atoms with E-state index in [1.807, 2.05) is 13.0 Å². The maximum absolute atomic E-state index is 12.3. The Morgan fingerprint density at radius 2 is 2.43 bits per heavy atom. The first-order chi connectivity index (χ1) is 10.1. The molecule has 1 unspecified atom stereocenters. The predicted octanol–water partition coefficient (Wildman–Crippen LogP) is 1.61. The Hall–Kier alpha value is -1.35. The van der Waals surface area contributed by atoms with Gasteiger partial charge in [0.1, 0.15) is 0 Å². The number of hydrogen-bond acceptors (Lipinski definition) is 4. The molecule has 0 bridgehead atoms. The average Bonchev–Trinajstić information content (AvgIpc) is 2.81. The number of hydrogen-bond donors (Lipinski definition) is 2. The van der Waals surface area contributed by atoms with Crippen LogP contribution >= 0.6 is 11.3 Å². The zero-order chi connectivity index (χ0) is 15.2. The number of nitrogens with one attached hydrogen (secondary N) is 1. The van der Waals surface area contributed by atoms with Crippen LogP contribution in [0.5, 0.6) is 0 Å². The van der Waals surface area contributed by atoms with Crippen LogP contribution in [0.4, 0.5) is 0 Å². The summed E-state index contributed by atoms with van der Waals surface area (Å²) in [5.41, 5.74) is 1.02. The Bertz CT molecular complexity index is 556. The third-order valence-electron chi connectivity index (χ3n) is 3.54. The lowest BCUT2D eigenvalue weighted by Crippen LogP contribution is -2.46. The third-order valence-corrected chi connectivity index (χ3v) is 4.69. The van der Waals surface area contributed by atoms with E-state index in [0.29, 0.717) is 11.3 Å². The molecule has 1 aliphatic rings. The van der Waals surface area contributed by atoms with Gasteiger partial charge in [-0.1, -0.05) is 11.8 Å². The maximum Gasteiger partial charge on any atom is 0.261 e. The van der Waals surface area contributed by atoms with Crippen LogP contribution in [0.25, 0.3) is 0 Å². The highest BCUT2D eigenvalue weighted by Crippen LogP contribution is 2.21. The third kappa shape index (κ3) is 4.57. The molecule has 0 aliphatic carbocycles. The van der Waals surface area contributed by atoms with Gasteiger partial charge < -0.3 is 15.3 Å². The number of likely N-dealkylation sites (N-methyl/N-ethyl adjacent to an activating group) is 1. The normalized spacial score (nSPS) is 18.9. The summed E-state index contributed by atoms with van der Waals surface area (Å²) in [5.74, 6) is 5.92. The van der Waals surface area contributed by atoms with Crippen LogP contribution in [0, 0.1) is 18.8 Å². The van der Waals surface area contributed by atoms with E-state index in [1.54, 1.807) is 0 Å². The zero-order valence-corrected chi connectivity index (χ0v) is 13.4. The van der Waals surface area contributed by atoms with Crippen LogP contribution in [0.1, 0.15) is 39.4 Å². The summed E-state index contributed by atoms with van der Waals surface area (Å²) < 4.78 is 0. The number of carbonyl (C=O) groups excluding carboxylic acids is 1. The fourth-order valence-corrected chi connectivity index (χ4v) is 3.41. The molecule has 1 aromatic heterocycles. The van der Waals surface area contributed by atoms with E-state index in [2.05, 4.69) is 29.1 Å². The van der Waals surface area contributed by atoms with Gasteiger partial charge in [0.15, 0.2) is 0 Å². The minimum Gasteiger partial charge on any atom is -0.395 e. The van der Waals surface area contributed by atoms with E-state index >= 15 is 0 Å². The van der Waals surface area contributed by atoms with Gasteiger partial charge in [-0.05, 0) is 45.0 Å². The van der Waals surface area contributed by atoms with E-state index in [4.69, 9.17) is 5.11 Å². The van der Waals surface area contributed by atoms with Crippen molar-refractivity contribution < 1.29 is 9.90 Å². The fourth-order valence-electron chi connectivity index (χ4n) is 2.46. The largest absolute Gasteiger partial charge is 0.395 e. The molecule has 2 rings (SSSR count). The van der Waals surface area contributed by atoms with E-state index in [0.717, 1.165) is 36.4 Å². The number of thiophene rings is 1. The number of amides is 1. The number of aliphatic hydroxyl groups is 1. The molecule has 2 heterocycles. The van der Waals surface area contributed by atoms with Crippen molar-refractivity contribution in [2.24, 2.45) is 0 Å². The molecule has 5 heteroatoms. The number of rotatable bonds is 3. The molecule has 0 radical (unpaired) electrons. The molecule has 21 heavy (non-hydrogen) atoms. The molecule has 1 atom stereocenters. The first-order valence-corrected chi connectivity index (χ1v) is 8.11. The first-order valence-electron chi connectivity index (χ1n) is 7.29. The molecule has 1 amide bonds. The Labute approximate surface area is 130 Å². The topological polar surface area (TPSA) is 52.6 Å². The number of carbonyl (C=O) groups is 1. The molecule has 1 aromatic rings. The van der Waals surface area contributed by atoms with Crippen molar-refractivity contribution >= 4 is 17.2 Å². The highest BCUT2D eigenvalue weighted by atomic mass is 32.1. The van der Waals surface area contributed by atoms with Crippen molar-refractivity contribution in [3.05, 3.63) is 21.4 Å². The van der Waals surface area contributed by atoms with Crippen molar-refractivity contribution in [2.75, 3.05) is 26.7 Å². The van der Waals surface area contributed by atoms with Crippen molar-refractivity contribution in [1.82, 2.24) is 10.2 Å². The van der Waals surface area contributed by atoms with Crippen LogP contribution < -0.4 is 5.32 Å². The summed E-state index contributed by atoms with van der Waals surface area (Å²) in [7, 11) is 2.09. The number of aliphatic hydroxyl groups excluding tert-OH is 1. The SMILES string of the molecule is Cc1cc(C(=O)NC2CCCN(C)C2)sc1C#CCCO. The molecular weight excluding hydrogens is 284 g/mol. The van der Waals surface area contributed by atoms with Gasteiger partial charge in [0.2, 0.25) is 0 Å². The minimum atomic E-state index is -0.00129. The van der Waals surface area contributed by atoms with Gasteiger partial charge in [0.05, 0.1) is 16.4 Å². The molecule has 1 aliphatic heterocycles. The van der Waals surface area contributed by atoms with Crippen LogP contribution in [0.3, 0.4) is 0 Å². The lowest BCUT2D eigenvalue weighted by molar-refractivity contribution is 0.0916. The first kappa shape index (κ1) is 16.0. The summed E-state index contributed by atoms with van der Waals surface area (Å²) in [5, 5.41) is 11.9. The molecule has 0 aromatic carbocycles. The van der Waals surface area contributed by atoms with Gasteiger partial charge in [-0.15, -0.1) is 11.3 Å². The van der Waals surface area contributed by atoms with Gasteiger partial charge in [-0.25, -0.2) is 0 Å². The van der Waals surface area contributed by atoms with Gasteiger partial charge in [-0.3, -0.25) is 4.79 Å². The summed E-state index contributed by atoms with van der Waals surface area (Å²) in [4.78, 5) is 16.2. The number of likely N-dealkylation sites (tertiary alicyclic amines) is 1. The van der Waals surface area contributed by atoms with Crippen molar-refractivity contribution in [2.45, 2.75) is 32.2 Å². The summed E-state index contributed by atoms with van der Waals surface area (Å²) in [6.45, 7) is 4.05. The number of piperidine rings is 1. The maximum atomic E-state index is 12.3. The van der Waals surface area contributed by atoms with Crippen molar-refractivity contribution in [3.8, 4) is 11.8 Å². The van der Waals surface area contributed by atoms with Crippen molar-refractivity contribution in [3.63, 3.8) is 0 Å². The van der Waals surface area contributed by atoms with Crippen molar-refractivity contribution in [1.29, 1.82) is 0 Å². The monoisotopic (exact) mass is 306 g/mol. The Kier molecular flexibility index (Phi) is 5.80. The minimum absolute atomic E-state index is 0.00129. The molecule has 1 saturated heterocycles. The van der Waals surface area contributed by atoms with Gasteiger partial charge in [0, 0.05) is 19.0 Å². The van der Waals surface area contributed by atoms with Gasteiger partial charge in [0.25, 0.3) is 5.91 Å². The number of aryl methyl sites for hydroxylation is 1. The van der Waals surface area contributed by atoms with Crippen LogP contribution in [0.2, 0.25) is 0 Å². The van der Waals surface area contributed by atoms with Gasteiger partial charge >= 0.3 is 0 Å².